The normalized spacial score (nSPS) is 11.4. The highest BCUT2D eigenvalue weighted by atomic mass is 16.6. The molecular weight excluding hydrogens is 250 g/mol. The molecule has 0 aliphatic heterocycles. The van der Waals surface area contributed by atoms with Crippen LogP contribution in [-0.4, -0.2) is 11.7 Å². The third-order valence-electron chi connectivity index (χ3n) is 3.07. The fourth-order valence-corrected chi connectivity index (χ4v) is 2.02. The summed E-state index contributed by atoms with van der Waals surface area (Å²) in [6.45, 7) is 9.67. The molecule has 0 rings (SSSR count). The van der Waals surface area contributed by atoms with E-state index in [4.69, 9.17) is 4.74 Å². The maximum atomic E-state index is 11.4. The number of hydrogen-bond acceptors (Lipinski definition) is 2. The van der Waals surface area contributed by atoms with E-state index in [0.717, 1.165) is 12.8 Å². The number of alkyl carbamates (subject to hydrolysis) is 1. The molecule has 0 fully saturated rings. The van der Waals surface area contributed by atoms with E-state index in [1.807, 2.05) is 27.3 Å². The zero-order valence-corrected chi connectivity index (χ0v) is 14.0. The number of carbonyl (C=O) groups is 1. The van der Waals surface area contributed by atoms with Gasteiger partial charge >= 0.3 is 6.09 Å². The summed E-state index contributed by atoms with van der Waals surface area (Å²) in [7, 11) is 0. The molecule has 20 heavy (non-hydrogen) atoms. The highest BCUT2D eigenvalue weighted by Crippen LogP contribution is 2.11. The van der Waals surface area contributed by atoms with Crippen LogP contribution in [0.4, 0.5) is 4.79 Å². The third kappa shape index (κ3) is 15.3. The van der Waals surface area contributed by atoms with Crippen molar-refractivity contribution >= 4 is 6.09 Å². The van der Waals surface area contributed by atoms with Crippen LogP contribution in [0.15, 0.2) is 0 Å². The molecule has 0 aromatic heterocycles. The van der Waals surface area contributed by atoms with Gasteiger partial charge in [-0.15, -0.1) is 0 Å². The van der Waals surface area contributed by atoms with Gasteiger partial charge in [0.25, 0.3) is 0 Å². The second-order valence-electron chi connectivity index (χ2n) is 6.47. The summed E-state index contributed by atoms with van der Waals surface area (Å²) in [5.74, 6) is 0. The minimum atomic E-state index is -0.421. The van der Waals surface area contributed by atoms with Crippen LogP contribution in [0.3, 0.4) is 0 Å². The van der Waals surface area contributed by atoms with Crippen molar-refractivity contribution in [2.45, 2.75) is 97.5 Å². The number of nitrogens with one attached hydrogen (secondary N) is 1. The van der Waals surface area contributed by atoms with Crippen LogP contribution in [-0.2, 0) is 4.74 Å². The average Bonchev–Trinajstić information content (AvgIpc) is 2.34. The SMILES string of the molecule is CCCCCCCCCCC[CH]NC(=O)OC(C)(C)C. The van der Waals surface area contributed by atoms with Gasteiger partial charge < -0.3 is 10.1 Å². The molecule has 0 unspecified atom stereocenters. The number of ether oxygens (including phenoxy) is 1. The molecule has 0 bridgehead atoms. The molecule has 0 aliphatic carbocycles. The number of amides is 1. The summed E-state index contributed by atoms with van der Waals surface area (Å²) >= 11 is 0. The molecule has 3 nitrogen and oxygen atoms in total. The lowest BCUT2D eigenvalue weighted by atomic mass is 10.1. The Bertz CT molecular complexity index is 234. The van der Waals surface area contributed by atoms with E-state index < -0.39 is 5.60 Å². The van der Waals surface area contributed by atoms with Gasteiger partial charge in [-0.3, -0.25) is 0 Å². The van der Waals surface area contributed by atoms with Gasteiger partial charge in [0.2, 0.25) is 0 Å². The van der Waals surface area contributed by atoms with Crippen molar-refractivity contribution in [1.29, 1.82) is 0 Å². The van der Waals surface area contributed by atoms with Gasteiger partial charge in [0.05, 0.1) is 6.54 Å². The fourth-order valence-electron chi connectivity index (χ4n) is 2.02. The minimum absolute atomic E-state index is 0.353. The largest absolute Gasteiger partial charge is 0.444 e. The van der Waals surface area contributed by atoms with Gasteiger partial charge in [-0.1, -0.05) is 64.7 Å². The Kier molecular flexibility index (Phi) is 11.6. The van der Waals surface area contributed by atoms with Crippen LogP contribution < -0.4 is 5.32 Å². The highest BCUT2D eigenvalue weighted by molar-refractivity contribution is 5.68. The molecule has 0 atom stereocenters. The number of rotatable bonds is 11. The van der Waals surface area contributed by atoms with E-state index >= 15 is 0 Å². The second kappa shape index (κ2) is 12.0. The Balaban J connectivity index is 3.19. The molecule has 0 aromatic rings. The van der Waals surface area contributed by atoms with E-state index in [9.17, 15) is 4.79 Å². The van der Waals surface area contributed by atoms with Crippen LogP contribution in [0.1, 0.15) is 91.9 Å². The Morgan fingerprint density at radius 2 is 1.45 bits per heavy atom. The van der Waals surface area contributed by atoms with Crippen molar-refractivity contribution < 1.29 is 9.53 Å². The lowest BCUT2D eigenvalue weighted by Crippen LogP contribution is -2.31. The average molecular weight is 284 g/mol. The quantitative estimate of drug-likeness (QED) is 0.502. The molecule has 1 N–H and O–H groups in total. The third-order valence-corrected chi connectivity index (χ3v) is 3.07. The van der Waals surface area contributed by atoms with E-state index in [2.05, 4.69) is 12.2 Å². The van der Waals surface area contributed by atoms with Gasteiger partial charge in [0.1, 0.15) is 5.60 Å². The van der Waals surface area contributed by atoms with Crippen LogP contribution in [0.5, 0.6) is 0 Å². The van der Waals surface area contributed by atoms with Crippen LogP contribution in [0, 0.1) is 6.54 Å². The minimum Gasteiger partial charge on any atom is -0.444 e. The lowest BCUT2D eigenvalue weighted by Gasteiger charge is -2.19. The monoisotopic (exact) mass is 284 g/mol. The molecule has 0 saturated carbocycles. The Morgan fingerprint density at radius 1 is 0.950 bits per heavy atom. The van der Waals surface area contributed by atoms with Crippen molar-refractivity contribution in [1.82, 2.24) is 5.32 Å². The molecular formula is C17H34NO2. The Labute approximate surface area is 125 Å². The molecule has 3 heteroatoms. The summed E-state index contributed by atoms with van der Waals surface area (Å²) in [5.41, 5.74) is -0.421. The molecule has 0 heterocycles. The molecule has 0 spiro atoms. The number of unbranched alkanes of at least 4 members (excludes halogenated alkanes) is 9. The highest BCUT2D eigenvalue weighted by Gasteiger charge is 2.15. The van der Waals surface area contributed by atoms with Gasteiger partial charge in [-0.25, -0.2) is 4.79 Å². The summed E-state index contributed by atoms with van der Waals surface area (Å²) < 4.78 is 5.15. The fraction of sp³-hybridized carbons (Fsp3) is 0.882. The predicted molar refractivity (Wildman–Crippen MR) is 85.5 cm³/mol. The van der Waals surface area contributed by atoms with Crippen molar-refractivity contribution in [2.75, 3.05) is 0 Å². The van der Waals surface area contributed by atoms with E-state index in [1.165, 1.54) is 51.4 Å². The van der Waals surface area contributed by atoms with Crippen molar-refractivity contribution in [3.8, 4) is 0 Å². The molecule has 0 saturated heterocycles. The van der Waals surface area contributed by atoms with Crippen LogP contribution >= 0.6 is 0 Å². The standard InChI is InChI=1S/C17H34NO2/c1-5-6-7-8-9-10-11-12-13-14-15-18-16(19)20-17(2,3)4/h15H,5-14H2,1-4H3,(H,18,19). The van der Waals surface area contributed by atoms with Gasteiger partial charge in [0.15, 0.2) is 0 Å². The first-order chi connectivity index (χ1) is 9.45. The Hall–Kier alpha value is -0.730. The topological polar surface area (TPSA) is 38.3 Å². The van der Waals surface area contributed by atoms with Crippen molar-refractivity contribution in [3.05, 3.63) is 6.54 Å². The molecule has 0 aromatic carbocycles. The van der Waals surface area contributed by atoms with E-state index in [-0.39, 0.29) is 6.09 Å². The molecule has 119 valence electrons. The zero-order chi connectivity index (χ0) is 15.3. The first-order valence-electron chi connectivity index (χ1n) is 8.27. The summed E-state index contributed by atoms with van der Waals surface area (Å²) in [6.07, 6.45) is 12.5. The number of carbonyl (C=O) groups excluding carboxylic acids is 1. The van der Waals surface area contributed by atoms with Crippen LogP contribution in [0.25, 0.3) is 0 Å². The maximum absolute atomic E-state index is 11.4. The van der Waals surface area contributed by atoms with E-state index in [1.54, 1.807) is 0 Å². The molecule has 1 radical (unpaired) electrons. The smallest absolute Gasteiger partial charge is 0.407 e. The second-order valence-corrected chi connectivity index (χ2v) is 6.47. The van der Waals surface area contributed by atoms with Crippen LogP contribution in [0.2, 0.25) is 0 Å². The molecule has 1 amide bonds. The summed E-state index contributed by atoms with van der Waals surface area (Å²) in [5, 5.41) is 2.68. The Morgan fingerprint density at radius 3 is 1.95 bits per heavy atom. The first kappa shape index (κ1) is 19.3. The zero-order valence-electron chi connectivity index (χ0n) is 14.0. The van der Waals surface area contributed by atoms with E-state index in [0.29, 0.717) is 0 Å². The van der Waals surface area contributed by atoms with Gasteiger partial charge in [-0.2, -0.15) is 0 Å². The lowest BCUT2D eigenvalue weighted by molar-refractivity contribution is 0.0541. The summed E-state index contributed by atoms with van der Waals surface area (Å²) in [6, 6.07) is 0. The van der Waals surface area contributed by atoms with Crippen molar-refractivity contribution in [3.63, 3.8) is 0 Å². The molecule has 0 aliphatic rings. The maximum Gasteiger partial charge on any atom is 0.407 e. The van der Waals surface area contributed by atoms with Crippen molar-refractivity contribution in [2.24, 2.45) is 0 Å². The first-order valence-corrected chi connectivity index (χ1v) is 8.27. The number of hydrogen-bond donors (Lipinski definition) is 1. The van der Waals surface area contributed by atoms with Gasteiger partial charge in [-0.05, 0) is 27.2 Å². The van der Waals surface area contributed by atoms with Gasteiger partial charge in [0, 0.05) is 0 Å². The predicted octanol–water partition coefficient (Wildman–Crippen LogP) is 5.59. The summed E-state index contributed by atoms with van der Waals surface area (Å²) in [4.78, 5) is 11.4.